The zero-order valence-corrected chi connectivity index (χ0v) is 11.6. The fourth-order valence-electron chi connectivity index (χ4n) is 3.72. The molecule has 1 fully saturated rings. The zero-order valence-electron chi connectivity index (χ0n) is 11.6. The predicted molar refractivity (Wildman–Crippen MR) is 74.3 cm³/mol. The molecule has 1 aromatic heterocycles. The van der Waals surface area contributed by atoms with Crippen molar-refractivity contribution in [3.05, 3.63) is 39.9 Å². The molecule has 0 aliphatic carbocycles. The average Bonchev–Trinajstić information content (AvgIpc) is 2.84. The molecule has 0 radical (unpaired) electrons. The van der Waals surface area contributed by atoms with Crippen LogP contribution < -0.4 is 5.56 Å². The lowest BCUT2D eigenvalue weighted by atomic mass is 9.93. The normalized spacial score (nSPS) is 25.1. The van der Waals surface area contributed by atoms with Crippen molar-refractivity contribution in [3.8, 4) is 0 Å². The number of halogens is 2. The minimum absolute atomic E-state index is 0.155. The van der Waals surface area contributed by atoms with Gasteiger partial charge in [-0.25, -0.2) is 13.8 Å². The molecule has 1 saturated heterocycles. The molecule has 0 saturated carbocycles. The highest BCUT2D eigenvalue weighted by molar-refractivity contribution is 5.77. The summed E-state index contributed by atoms with van der Waals surface area (Å²) in [6.07, 6.45) is 1.84. The van der Waals surface area contributed by atoms with Gasteiger partial charge in [-0.15, -0.1) is 0 Å². The summed E-state index contributed by atoms with van der Waals surface area (Å²) in [7, 11) is 2.08. The second-order valence-corrected chi connectivity index (χ2v) is 5.94. The molecule has 1 aromatic carbocycles. The van der Waals surface area contributed by atoms with Crippen molar-refractivity contribution < 1.29 is 8.78 Å². The maximum atomic E-state index is 13.4. The third-order valence-corrected chi connectivity index (χ3v) is 4.83. The maximum Gasteiger partial charge on any atom is 0.261 e. The van der Waals surface area contributed by atoms with Crippen LogP contribution >= 0.6 is 0 Å². The van der Waals surface area contributed by atoms with Crippen LogP contribution in [0.25, 0.3) is 10.9 Å². The Kier molecular flexibility index (Phi) is 2.66. The minimum atomic E-state index is -1.00. The summed E-state index contributed by atoms with van der Waals surface area (Å²) in [5.74, 6) is -1.04. The highest BCUT2D eigenvalue weighted by Crippen LogP contribution is 2.36. The van der Waals surface area contributed by atoms with E-state index in [2.05, 4.69) is 16.9 Å². The van der Waals surface area contributed by atoms with Gasteiger partial charge in [-0.05, 0) is 32.5 Å². The number of likely N-dealkylation sites (N-methyl/N-ethyl adjacent to an activating group) is 1. The first-order valence-corrected chi connectivity index (χ1v) is 7.16. The number of rotatable bonds is 0. The number of benzene rings is 1. The molecule has 0 unspecified atom stereocenters. The van der Waals surface area contributed by atoms with E-state index in [9.17, 15) is 13.6 Å². The van der Waals surface area contributed by atoms with Crippen LogP contribution in [0.2, 0.25) is 0 Å². The van der Waals surface area contributed by atoms with Crippen LogP contribution in [-0.4, -0.2) is 34.1 Å². The van der Waals surface area contributed by atoms with Crippen molar-refractivity contribution in [2.75, 3.05) is 13.6 Å². The molecule has 6 heteroatoms. The summed E-state index contributed by atoms with van der Waals surface area (Å²) < 4.78 is 28.4. The molecular formula is C15H15F2N3O. The van der Waals surface area contributed by atoms with E-state index < -0.39 is 11.6 Å². The van der Waals surface area contributed by atoms with Crippen molar-refractivity contribution in [1.82, 2.24) is 14.5 Å². The van der Waals surface area contributed by atoms with Crippen molar-refractivity contribution >= 4 is 10.9 Å². The van der Waals surface area contributed by atoms with Crippen molar-refractivity contribution in [2.24, 2.45) is 0 Å². The second-order valence-electron chi connectivity index (χ2n) is 5.94. The lowest BCUT2D eigenvalue weighted by molar-refractivity contribution is 0.246. The molecule has 0 N–H and O–H groups in total. The van der Waals surface area contributed by atoms with E-state index >= 15 is 0 Å². The van der Waals surface area contributed by atoms with Gasteiger partial charge < -0.3 is 4.90 Å². The molecule has 0 spiro atoms. The predicted octanol–water partition coefficient (Wildman–Crippen LogP) is 1.87. The van der Waals surface area contributed by atoms with Crippen molar-refractivity contribution in [3.63, 3.8) is 0 Å². The number of hydrogen-bond donors (Lipinski definition) is 0. The van der Waals surface area contributed by atoms with Crippen molar-refractivity contribution in [2.45, 2.75) is 31.3 Å². The Morgan fingerprint density at radius 3 is 2.76 bits per heavy atom. The number of aromatic nitrogens is 2. The van der Waals surface area contributed by atoms with E-state index in [-0.39, 0.29) is 22.4 Å². The SMILES string of the molecule is CN1CC[C@H]2c3nc4cc(F)c(F)cc4c(=O)n3CC[C@H]21. The number of fused-ring (bicyclic) bond motifs is 4. The Labute approximate surface area is 120 Å². The average molecular weight is 291 g/mol. The van der Waals surface area contributed by atoms with Gasteiger partial charge in [0.2, 0.25) is 0 Å². The monoisotopic (exact) mass is 291 g/mol. The standard InChI is InChI=1S/C15H15F2N3O/c1-19-4-2-8-13(19)3-5-20-14(8)18-12-7-11(17)10(16)6-9(12)15(20)21/h6-8,13H,2-5H2,1H3/t8-,13-/m1/s1. The molecule has 4 rings (SSSR count). The largest absolute Gasteiger partial charge is 0.303 e. The molecule has 110 valence electrons. The summed E-state index contributed by atoms with van der Waals surface area (Å²) in [4.78, 5) is 19.3. The van der Waals surface area contributed by atoms with Gasteiger partial charge in [0.15, 0.2) is 11.6 Å². The van der Waals surface area contributed by atoms with E-state index in [1.165, 1.54) is 0 Å². The van der Waals surface area contributed by atoms with Gasteiger partial charge in [0.25, 0.3) is 5.56 Å². The molecule has 0 bridgehead atoms. The number of nitrogens with zero attached hydrogens (tertiary/aromatic N) is 3. The highest BCUT2D eigenvalue weighted by Gasteiger charge is 2.38. The van der Waals surface area contributed by atoms with Gasteiger partial charge in [0, 0.05) is 24.6 Å². The first-order valence-electron chi connectivity index (χ1n) is 7.16. The highest BCUT2D eigenvalue weighted by atomic mass is 19.2. The van der Waals surface area contributed by atoms with Gasteiger partial charge in [-0.1, -0.05) is 0 Å². The van der Waals surface area contributed by atoms with E-state index in [0.29, 0.717) is 12.6 Å². The summed E-state index contributed by atoms with van der Waals surface area (Å²) in [6.45, 7) is 1.56. The topological polar surface area (TPSA) is 38.1 Å². The van der Waals surface area contributed by atoms with E-state index in [4.69, 9.17) is 0 Å². The molecule has 2 aliphatic rings. The lowest BCUT2D eigenvalue weighted by Gasteiger charge is -2.31. The molecule has 2 aromatic rings. The Morgan fingerprint density at radius 1 is 1.19 bits per heavy atom. The Morgan fingerprint density at radius 2 is 1.95 bits per heavy atom. The van der Waals surface area contributed by atoms with E-state index in [1.807, 2.05) is 0 Å². The van der Waals surface area contributed by atoms with Crippen LogP contribution in [-0.2, 0) is 6.54 Å². The van der Waals surface area contributed by atoms with Gasteiger partial charge in [-0.2, -0.15) is 0 Å². The Balaban J connectivity index is 1.98. The first-order chi connectivity index (χ1) is 10.1. The maximum absolute atomic E-state index is 13.4. The fourth-order valence-corrected chi connectivity index (χ4v) is 3.72. The quantitative estimate of drug-likeness (QED) is 0.743. The first kappa shape index (κ1) is 12.9. The van der Waals surface area contributed by atoms with Gasteiger partial charge in [0.05, 0.1) is 10.9 Å². The van der Waals surface area contributed by atoms with Gasteiger partial charge >= 0.3 is 0 Å². The zero-order chi connectivity index (χ0) is 14.7. The fraction of sp³-hybridized carbons (Fsp3) is 0.467. The summed E-state index contributed by atoms with van der Waals surface area (Å²) in [5.41, 5.74) is -0.0118. The lowest BCUT2D eigenvalue weighted by Crippen LogP contribution is -2.39. The third-order valence-electron chi connectivity index (χ3n) is 4.83. The van der Waals surface area contributed by atoms with Crippen LogP contribution in [0.4, 0.5) is 8.78 Å². The molecule has 3 heterocycles. The molecule has 21 heavy (non-hydrogen) atoms. The third kappa shape index (κ3) is 1.75. The Bertz CT molecular complexity index is 802. The minimum Gasteiger partial charge on any atom is -0.303 e. The smallest absolute Gasteiger partial charge is 0.261 e. The van der Waals surface area contributed by atoms with Crippen LogP contribution in [0.3, 0.4) is 0 Å². The van der Waals surface area contributed by atoms with E-state index in [0.717, 1.165) is 37.3 Å². The molecule has 4 nitrogen and oxygen atoms in total. The van der Waals surface area contributed by atoms with Gasteiger partial charge in [-0.3, -0.25) is 9.36 Å². The Hall–Kier alpha value is -1.82. The van der Waals surface area contributed by atoms with Crippen LogP contribution in [0.1, 0.15) is 24.6 Å². The van der Waals surface area contributed by atoms with E-state index in [1.54, 1.807) is 4.57 Å². The van der Waals surface area contributed by atoms with Gasteiger partial charge in [0.1, 0.15) is 5.82 Å². The molecule has 2 aliphatic heterocycles. The van der Waals surface area contributed by atoms with Crippen LogP contribution in [0.5, 0.6) is 0 Å². The summed E-state index contributed by atoms with van der Waals surface area (Å²) in [6, 6.07) is 2.37. The molecule has 2 atom stereocenters. The summed E-state index contributed by atoms with van der Waals surface area (Å²) >= 11 is 0. The second kappa shape index (κ2) is 4.34. The number of likely N-dealkylation sites (tertiary alicyclic amines) is 1. The van der Waals surface area contributed by atoms with Crippen LogP contribution in [0.15, 0.2) is 16.9 Å². The summed E-state index contributed by atoms with van der Waals surface area (Å²) in [5, 5.41) is 0.155. The number of hydrogen-bond acceptors (Lipinski definition) is 3. The van der Waals surface area contributed by atoms with Crippen LogP contribution in [0, 0.1) is 11.6 Å². The molecular weight excluding hydrogens is 276 g/mol. The molecule has 0 amide bonds. The van der Waals surface area contributed by atoms with Crippen molar-refractivity contribution in [1.29, 1.82) is 0 Å².